The molecule has 346 valence electrons. The fraction of sp³-hybridized carbons (Fsp3) is 0.647. The van der Waals surface area contributed by atoms with Crippen molar-refractivity contribution >= 4 is 11.9 Å². The van der Waals surface area contributed by atoms with Gasteiger partial charge in [-0.15, -0.1) is 0 Å². The molecule has 0 aromatic rings. The number of aliphatic hydroxyl groups excluding tert-OH is 4. The Morgan fingerprint density at radius 3 is 1.38 bits per heavy atom. The van der Waals surface area contributed by atoms with Crippen LogP contribution >= 0.6 is 0 Å². The van der Waals surface area contributed by atoms with E-state index in [0.29, 0.717) is 12.8 Å². The third kappa shape index (κ3) is 32.0. The fourth-order valence-corrected chi connectivity index (χ4v) is 6.35. The molecular weight excluding hydrogens is 773 g/mol. The standard InChI is InChI=1S/C51H82O10/c1-3-5-7-9-11-13-15-17-19-21-22-24-26-28-30-32-34-36-38-40-47(54)60-44(43-59-51-50(57)49(56)48(55)45(41-52)61-51)42-58-46(53)39-37-35-33-31-29-27-25-23-20-18-16-14-12-10-8-6-4-2/h5-8,11-14,17-20,22,24-25,27,44-45,48-52,55-57H,3-4,9-10,15-16,21,23,26,28-43H2,1-2H3/b7-5-,8-6-,13-11-,14-12-,19-17-,20-18-,24-22-,27-25-. The van der Waals surface area contributed by atoms with E-state index in [2.05, 4.69) is 111 Å². The summed E-state index contributed by atoms with van der Waals surface area (Å²) in [6.45, 7) is 3.14. The molecule has 10 heteroatoms. The number of allylic oxidation sites excluding steroid dienone is 16. The van der Waals surface area contributed by atoms with Crippen molar-refractivity contribution in [1.82, 2.24) is 0 Å². The van der Waals surface area contributed by atoms with Crippen molar-refractivity contribution in [2.75, 3.05) is 19.8 Å². The summed E-state index contributed by atoms with van der Waals surface area (Å²) in [7, 11) is 0. The monoisotopic (exact) mass is 855 g/mol. The molecule has 6 atom stereocenters. The van der Waals surface area contributed by atoms with E-state index >= 15 is 0 Å². The molecule has 6 unspecified atom stereocenters. The second kappa shape index (κ2) is 40.7. The highest BCUT2D eigenvalue weighted by molar-refractivity contribution is 5.70. The number of esters is 2. The lowest BCUT2D eigenvalue weighted by Gasteiger charge is -2.39. The van der Waals surface area contributed by atoms with Gasteiger partial charge in [0.2, 0.25) is 0 Å². The molecule has 10 nitrogen and oxygen atoms in total. The van der Waals surface area contributed by atoms with Crippen molar-refractivity contribution in [2.45, 2.75) is 192 Å². The van der Waals surface area contributed by atoms with E-state index in [1.54, 1.807) is 0 Å². The molecule has 1 aliphatic heterocycles. The van der Waals surface area contributed by atoms with Gasteiger partial charge in [-0.2, -0.15) is 0 Å². The number of aliphatic hydroxyl groups is 4. The van der Waals surface area contributed by atoms with Crippen LogP contribution in [0.5, 0.6) is 0 Å². The number of carbonyl (C=O) groups excluding carboxylic acids is 2. The van der Waals surface area contributed by atoms with E-state index in [0.717, 1.165) is 116 Å². The molecule has 1 aliphatic rings. The molecule has 0 aliphatic carbocycles. The van der Waals surface area contributed by atoms with Crippen LogP contribution < -0.4 is 0 Å². The summed E-state index contributed by atoms with van der Waals surface area (Å²) in [5, 5.41) is 40.1. The zero-order valence-corrected chi connectivity index (χ0v) is 37.6. The van der Waals surface area contributed by atoms with Crippen molar-refractivity contribution in [1.29, 1.82) is 0 Å². The van der Waals surface area contributed by atoms with Crippen LogP contribution in [0.25, 0.3) is 0 Å². The van der Waals surface area contributed by atoms with Crippen molar-refractivity contribution in [3.63, 3.8) is 0 Å². The van der Waals surface area contributed by atoms with Crippen molar-refractivity contribution < 1.29 is 49.0 Å². The van der Waals surface area contributed by atoms with Crippen molar-refractivity contribution in [3.05, 3.63) is 97.2 Å². The van der Waals surface area contributed by atoms with Gasteiger partial charge in [0.1, 0.15) is 31.0 Å². The lowest BCUT2D eigenvalue weighted by atomic mass is 9.99. The minimum atomic E-state index is -1.61. The number of hydrogen-bond acceptors (Lipinski definition) is 10. The Bertz CT molecular complexity index is 1310. The van der Waals surface area contributed by atoms with Gasteiger partial charge in [-0.3, -0.25) is 9.59 Å². The quantitative estimate of drug-likeness (QED) is 0.0270. The summed E-state index contributed by atoms with van der Waals surface area (Å²) in [4.78, 5) is 25.4. The van der Waals surface area contributed by atoms with E-state index in [1.807, 2.05) is 0 Å². The lowest BCUT2D eigenvalue weighted by Crippen LogP contribution is -2.59. The number of unbranched alkanes of at least 4 members (excludes halogenated alkanes) is 10. The second-order valence-corrected chi connectivity index (χ2v) is 15.4. The highest BCUT2D eigenvalue weighted by Gasteiger charge is 2.44. The summed E-state index contributed by atoms with van der Waals surface area (Å²) in [6, 6.07) is 0. The van der Waals surface area contributed by atoms with E-state index < -0.39 is 55.4 Å². The minimum Gasteiger partial charge on any atom is -0.462 e. The summed E-state index contributed by atoms with van der Waals surface area (Å²) in [5.41, 5.74) is 0. The Morgan fingerprint density at radius 2 is 0.918 bits per heavy atom. The van der Waals surface area contributed by atoms with E-state index in [9.17, 15) is 30.0 Å². The molecule has 0 radical (unpaired) electrons. The molecule has 4 N–H and O–H groups in total. The molecule has 0 aromatic carbocycles. The molecule has 1 saturated heterocycles. The third-order valence-electron chi connectivity index (χ3n) is 9.96. The molecule has 0 saturated carbocycles. The van der Waals surface area contributed by atoms with Gasteiger partial charge in [0, 0.05) is 12.8 Å². The highest BCUT2D eigenvalue weighted by atomic mass is 16.7. The van der Waals surface area contributed by atoms with Gasteiger partial charge in [-0.1, -0.05) is 150 Å². The summed E-state index contributed by atoms with van der Waals surface area (Å²) < 4.78 is 22.2. The van der Waals surface area contributed by atoms with Gasteiger partial charge in [0.05, 0.1) is 13.2 Å². The van der Waals surface area contributed by atoms with Gasteiger partial charge < -0.3 is 39.4 Å². The van der Waals surface area contributed by atoms with Crippen LogP contribution in [-0.2, 0) is 28.5 Å². The Balaban J connectivity index is 2.35. The van der Waals surface area contributed by atoms with Crippen LogP contribution in [-0.4, -0.2) is 89.0 Å². The molecule has 0 amide bonds. The molecule has 1 heterocycles. The first-order valence-corrected chi connectivity index (χ1v) is 23.3. The summed E-state index contributed by atoms with van der Waals surface area (Å²) in [6.07, 6.45) is 46.9. The smallest absolute Gasteiger partial charge is 0.306 e. The molecule has 1 rings (SSSR count). The number of ether oxygens (including phenoxy) is 4. The summed E-state index contributed by atoms with van der Waals surface area (Å²) in [5.74, 6) is -0.860. The first kappa shape index (κ1) is 55.6. The van der Waals surface area contributed by atoms with Gasteiger partial charge in [-0.05, 0) is 89.9 Å². The predicted octanol–water partition coefficient (Wildman–Crippen LogP) is 10.3. The SMILES string of the molecule is CC/C=C\C/C=C\C/C=C\C/C=C\CCCCCCCCC(=O)OC(COC(=O)CCCCCC/C=C\C/C=C\C/C=C\C/C=C\CC)COC1OC(CO)C(O)C(O)C1O. The van der Waals surface area contributed by atoms with Gasteiger partial charge in [0.15, 0.2) is 12.4 Å². The molecule has 0 bridgehead atoms. The first-order valence-electron chi connectivity index (χ1n) is 23.3. The maximum absolute atomic E-state index is 12.8. The van der Waals surface area contributed by atoms with Crippen LogP contribution in [0.3, 0.4) is 0 Å². The molecule has 0 spiro atoms. The Hall–Kier alpha value is -3.38. The van der Waals surface area contributed by atoms with Crippen LogP contribution in [0.15, 0.2) is 97.2 Å². The van der Waals surface area contributed by atoms with E-state index in [-0.39, 0.29) is 26.1 Å². The Labute approximate surface area is 368 Å². The molecular formula is C51H82O10. The van der Waals surface area contributed by atoms with E-state index in [1.165, 1.54) is 0 Å². The van der Waals surface area contributed by atoms with Crippen molar-refractivity contribution in [3.8, 4) is 0 Å². The predicted molar refractivity (Wildman–Crippen MR) is 247 cm³/mol. The van der Waals surface area contributed by atoms with Gasteiger partial charge >= 0.3 is 11.9 Å². The topological polar surface area (TPSA) is 152 Å². The van der Waals surface area contributed by atoms with Crippen LogP contribution in [0.2, 0.25) is 0 Å². The maximum Gasteiger partial charge on any atom is 0.306 e. The van der Waals surface area contributed by atoms with Crippen LogP contribution in [0.1, 0.15) is 155 Å². The summed E-state index contributed by atoms with van der Waals surface area (Å²) >= 11 is 0. The minimum absolute atomic E-state index is 0.202. The highest BCUT2D eigenvalue weighted by Crippen LogP contribution is 2.22. The Kier molecular flexibility index (Phi) is 37.1. The van der Waals surface area contributed by atoms with Gasteiger partial charge in [0.25, 0.3) is 0 Å². The van der Waals surface area contributed by atoms with E-state index in [4.69, 9.17) is 18.9 Å². The molecule has 61 heavy (non-hydrogen) atoms. The molecule has 0 aromatic heterocycles. The van der Waals surface area contributed by atoms with Crippen molar-refractivity contribution in [2.24, 2.45) is 0 Å². The average Bonchev–Trinajstić information content (AvgIpc) is 3.26. The fourth-order valence-electron chi connectivity index (χ4n) is 6.35. The zero-order chi connectivity index (χ0) is 44.4. The first-order chi connectivity index (χ1) is 29.8. The number of rotatable bonds is 37. The average molecular weight is 855 g/mol. The zero-order valence-electron chi connectivity index (χ0n) is 37.6. The second-order valence-electron chi connectivity index (χ2n) is 15.4. The van der Waals surface area contributed by atoms with Crippen LogP contribution in [0.4, 0.5) is 0 Å². The largest absolute Gasteiger partial charge is 0.462 e. The third-order valence-corrected chi connectivity index (χ3v) is 9.96. The number of carbonyl (C=O) groups is 2. The lowest BCUT2D eigenvalue weighted by molar-refractivity contribution is -0.305. The Morgan fingerprint density at radius 1 is 0.508 bits per heavy atom. The molecule has 1 fully saturated rings. The maximum atomic E-state index is 12.8. The van der Waals surface area contributed by atoms with Crippen LogP contribution in [0, 0.1) is 0 Å². The number of hydrogen-bond donors (Lipinski definition) is 4. The normalized spacial score (nSPS) is 20.7. The van der Waals surface area contributed by atoms with Gasteiger partial charge in [-0.25, -0.2) is 0 Å².